The molecule has 0 bridgehead atoms. The topological polar surface area (TPSA) is 58.4 Å². The minimum absolute atomic E-state index is 0. The fourth-order valence-corrected chi connectivity index (χ4v) is 3.04. The molecule has 0 radical (unpaired) electrons. The molecular weight excluding hydrogens is 333 g/mol. The highest BCUT2D eigenvalue weighted by molar-refractivity contribution is 5.85. The molecule has 6 heteroatoms. The minimum atomic E-state index is 0. The van der Waals surface area contributed by atoms with Crippen LogP contribution in [0.25, 0.3) is 0 Å². The van der Waals surface area contributed by atoms with Gasteiger partial charge in [-0.25, -0.2) is 0 Å². The second kappa shape index (κ2) is 10.0. The zero-order chi connectivity index (χ0) is 15.4. The summed E-state index contributed by atoms with van der Waals surface area (Å²) < 4.78 is 0. The largest absolute Gasteiger partial charge is 0.376 e. The van der Waals surface area contributed by atoms with Gasteiger partial charge in [0.2, 0.25) is 5.91 Å². The molecule has 1 fully saturated rings. The van der Waals surface area contributed by atoms with Crippen molar-refractivity contribution in [1.82, 2.24) is 4.90 Å². The van der Waals surface area contributed by atoms with Crippen molar-refractivity contribution in [3.8, 4) is 0 Å². The summed E-state index contributed by atoms with van der Waals surface area (Å²) >= 11 is 0. The van der Waals surface area contributed by atoms with Crippen molar-refractivity contribution in [1.29, 1.82) is 0 Å². The Morgan fingerprint density at radius 2 is 1.78 bits per heavy atom. The molecule has 23 heavy (non-hydrogen) atoms. The van der Waals surface area contributed by atoms with Crippen LogP contribution in [0.3, 0.4) is 0 Å². The van der Waals surface area contributed by atoms with Crippen molar-refractivity contribution >= 4 is 36.4 Å². The van der Waals surface area contributed by atoms with Gasteiger partial charge in [-0.15, -0.1) is 24.8 Å². The van der Waals surface area contributed by atoms with E-state index in [9.17, 15) is 4.79 Å². The summed E-state index contributed by atoms with van der Waals surface area (Å²) in [6.45, 7) is 8.22. The van der Waals surface area contributed by atoms with E-state index in [1.54, 1.807) is 0 Å². The molecule has 1 aromatic rings. The molecule has 2 rings (SSSR count). The number of aryl methyl sites for hydroxylation is 2. The van der Waals surface area contributed by atoms with Gasteiger partial charge in [-0.1, -0.05) is 18.2 Å². The first kappa shape index (κ1) is 22.0. The summed E-state index contributed by atoms with van der Waals surface area (Å²) in [5.74, 6) is 0.737. The molecule has 1 amide bonds. The fraction of sp³-hybridized carbons (Fsp3) is 0.588. The second-order valence-electron chi connectivity index (χ2n) is 6.20. The smallest absolute Gasteiger partial charge is 0.241 e. The van der Waals surface area contributed by atoms with Crippen LogP contribution in [0.2, 0.25) is 0 Å². The van der Waals surface area contributed by atoms with E-state index in [1.165, 1.54) is 11.1 Å². The molecule has 1 atom stereocenters. The maximum atomic E-state index is 12.3. The van der Waals surface area contributed by atoms with Crippen LogP contribution in [0.15, 0.2) is 18.2 Å². The Kier molecular flexibility index (Phi) is 9.59. The molecule has 1 heterocycles. The van der Waals surface area contributed by atoms with Gasteiger partial charge in [-0.05, 0) is 50.7 Å². The standard InChI is InChI=1S/C17H27N3O.2ClH/c1-12-5-4-6-13(2)17(12)19-11-16(21)20-9-7-15(8-10-20)14(3)18;;/h4-6,14-15,19H,7-11,18H2,1-3H3;2*1H. The number of hydrogen-bond donors (Lipinski definition) is 2. The zero-order valence-electron chi connectivity index (χ0n) is 14.2. The van der Waals surface area contributed by atoms with Gasteiger partial charge in [-0.3, -0.25) is 4.79 Å². The number of carbonyl (C=O) groups excluding carboxylic acids is 1. The number of hydrogen-bond acceptors (Lipinski definition) is 3. The lowest BCUT2D eigenvalue weighted by atomic mass is 9.91. The molecule has 132 valence electrons. The third-order valence-electron chi connectivity index (χ3n) is 4.53. The van der Waals surface area contributed by atoms with E-state index >= 15 is 0 Å². The first-order chi connectivity index (χ1) is 9.99. The lowest BCUT2D eigenvalue weighted by Crippen LogP contribution is -2.44. The highest BCUT2D eigenvalue weighted by atomic mass is 35.5. The fourth-order valence-electron chi connectivity index (χ4n) is 3.04. The van der Waals surface area contributed by atoms with Gasteiger partial charge in [0.05, 0.1) is 6.54 Å². The number of nitrogens with zero attached hydrogens (tertiary/aromatic N) is 1. The minimum Gasteiger partial charge on any atom is -0.376 e. The van der Waals surface area contributed by atoms with E-state index in [2.05, 4.69) is 38.2 Å². The Balaban J connectivity index is 0.00000242. The number of para-hydroxylation sites is 1. The van der Waals surface area contributed by atoms with Crippen LogP contribution in [0.4, 0.5) is 5.69 Å². The van der Waals surface area contributed by atoms with Crippen LogP contribution in [0.5, 0.6) is 0 Å². The number of rotatable bonds is 4. The summed E-state index contributed by atoms with van der Waals surface area (Å²) in [6, 6.07) is 6.40. The molecule has 0 saturated carbocycles. The lowest BCUT2D eigenvalue weighted by molar-refractivity contribution is -0.130. The first-order valence-corrected chi connectivity index (χ1v) is 7.82. The van der Waals surface area contributed by atoms with Gasteiger partial charge in [0.25, 0.3) is 0 Å². The number of carbonyl (C=O) groups is 1. The van der Waals surface area contributed by atoms with Crippen LogP contribution in [0, 0.1) is 19.8 Å². The Morgan fingerprint density at radius 3 is 2.26 bits per heavy atom. The number of piperidine rings is 1. The monoisotopic (exact) mass is 361 g/mol. The molecule has 1 unspecified atom stereocenters. The number of amides is 1. The van der Waals surface area contributed by atoms with Crippen molar-refractivity contribution in [2.75, 3.05) is 25.0 Å². The molecule has 0 aliphatic carbocycles. The maximum absolute atomic E-state index is 12.3. The van der Waals surface area contributed by atoms with Gasteiger partial charge < -0.3 is 16.0 Å². The van der Waals surface area contributed by atoms with Gasteiger partial charge in [0.1, 0.15) is 0 Å². The van der Waals surface area contributed by atoms with E-state index < -0.39 is 0 Å². The summed E-state index contributed by atoms with van der Waals surface area (Å²) in [5.41, 5.74) is 9.38. The van der Waals surface area contributed by atoms with Crippen molar-refractivity contribution in [3.63, 3.8) is 0 Å². The normalized spacial score (nSPS) is 16.1. The van der Waals surface area contributed by atoms with Crippen molar-refractivity contribution in [3.05, 3.63) is 29.3 Å². The van der Waals surface area contributed by atoms with Gasteiger partial charge in [0.15, 0.2) is 0 Å². The Hall–Kier alpha value is -0.970. The van der Waals surface area contributed by atoms with Gasteiger partial charge >= 0.3 is 0 Å². The average molecular weight is 362 g/mol. The summed E-state index contributed by atoms with van der Waals surface area (Å²) in [7, 11) is 0. The molecule has 1 aliphatic heterocycles. The quantitative estimate of drug-likeness (QED) is 0.865. The van der Waals surface area contributed by atoms with E-state index in [0.29, 0.717) is 12.5 Å². The summed E-state index contributed by atoms with van der Waals surface area (Å²) in [4.78, 5) is 14.3. The molecule has 1 saturated heterocycles. The molecule has 1 aromatic carbocycles. The molecule has 0 spiro atoms. The predicted molar refractivity (Wildman–Crippen MR) is 102 cm³/mol. The van der Waals surface area contributed by atoms with E-state index in [1.807, 2.05) is 11.0 Å². The van der Waals surface area contributed by atoms with Crippen LogP contribution in [0.1, 0.15) is 30.9 Å². The number of likely N-dealkylation sites (tertiary alicyclic amines) is 1. The van der Waals surface area contributed by atoms with Crippen LogP contribution >= 0.6 is 24.8 Å². The third-order valence-corrected chi connectivity index (χ3v) is 4.53. The number of halogens is 2. The number of nitrogens with one attached hydrogen (secondary N) is 1. The number of nitrogens with two attached hydrogens (primary N) is 1. The van der Waals surface area contributed by atoms with Gasteiger partial charge in [-0.2, -0.15) is 0 Å². The van der Waals surface area contributed by atoms with Crippen LogP contribution in [-0.2, 0) is 4.79 Å². The number of benzene rings is 1. The maximum Gasteiger partial charge on any atom is 0.241 e. The van der Waals surface area contributed by atoms with Gasteiger partial charge in [0, 0.05) is 24.8 Å². The Bertz CT molecular complexity index is 480. The zero-order valence-corrected chi connectivity index (χ0v) is 15.8. The second-order valence-corrected chi connectivity index (χ2v) is 6.20. The third kappa shape index (κ3) is 5.87. The molecule has 4 nitrogen and oxygen atoms in total. The molecular formula is C17H29Cl2N3O. The highest BCUT2D eigenvalue weighted by Crippen LogP contribution is 2.21. The van der Waals surface area contributed by atoms with E-state index in [4.69, 9.17) is 5.73 Å². The number of anilines is 1. The predicted octanol–water partition coefficient (Wildman–Crippen LogP) is 3.14. The van der Waals surface area contributed by atoms with Crippen molar-refractivity contribution in [2.45, 2.75) is 39.7 Å². The van der Waals surface area contributed by atoms with E-state index in [0.717, 1.165) is 31.6 Å². The summed E-state index contributed by atoms with van der Waals surface area (Å²) in [5, 5.41) is 3.30. The molecule has 1 aliphatic rings. The van der Waals surface area contributed by atoms with Crippen molar-refractivity contribution in [2.24, 2.45) is 11.7 Å². The first-order valence-electron chi connectivity index (χ1n) is 7.82. The average Bonchev–Trinajstić information content (AvgIpc) is 2.46. The van der Waals surface area contributed by atoms with Crippen molar-refractivity contribution < 1.29 is 4.79 Å². The Morgan fingerprint density at radius 1 is 1.26 bits per heavy atom. The van der Waals surface area contributed by atoms with Crippen LogP contribution < -0.4 is 11.1 Å². The molecule has 3 N–H and O–H groups in total. The highest BCUT2D eigenvalue weighted by Gasteiger charge is 2.24. The lowest BCUT2D eigenvalue weighted by Gasteiger charge is -2.34. The molecule has 0 aromatic heterocycles. The van der Waals surface area contributed by atoms with E-state index in [-0.39, 0.29) is 36.8 Å². The van der Waals surface area contributed by atoms with Crippen LogP contribution in [-0.4, -0.2) is 36.5 Å². The summed E-state index contributed by atoms with van der Waals surface area (Å²) in [6.07, 6.45) is 2.04. The Labute approximate surface area is 152 Å². The SMILES string of the molecule is Cc1cccc(C)c1NCC(=O)N1CCC(C(C)N)CC1.Cl.Cl.